The number of aliphatic hydroxyl groups excluding tert-OH is 2. The Morgan fingerprint density at radius 3 is 2.62 bits per heavy atom. The number of hydrogen-bond donors (Lipinski definition) is 2. The van der Waals surface area contributed by atoms with Crippen LogP contribution in [0.5, 0.6) is 0 Å². The number of carbonyl (C=O) groups is 2. The van der Waals surface area contributed by atoms with Gasteiger partial charge in [0.2, 0.25) is 0 Å². The number of hydrogen-bond acceptors (Lipinski definition) is 9. The van der Waals surface area contributed by atoms with Crippen LogP contribution in [0.4, 0.5) is 0 Å². The lowest BCUT2D eigenvalue weighted by Gasteiger charge is -2.34. The van der Waals surface area contributed by atoms with Crippen LogP contribution in [-0.2, 0) is 27.2 Å². The molecule has 0 saturated heterocycles. The van der Waals surface area contributed by atoms with Crippen LogP contribution in [0.3, 0.4) is 0 Å². The summed E-state index contributed by atoms with van der Waals surface area (Å²) in [6.45, 7) is 10.7. The molecule has 0 amide bonds. The molecule has 202 valence electrons. The minimum atomic E-state index is -1.26. The quantitative estimate of drug-likeness (QED) is 0.557. The third-order valence-electron chi connectivity index (χ3n) is 7.50. The Morgan fingerprint density at radius 1 is 1.22 bits per heavy atom. The van der Waals surface area contributed by atoms with Gasteiger partial charge in [-0.3, -0.25) is 9.59 Å². The maximum atomic E-state index is 13.3. The van der Waals surface area contributed by atoms with E-state index in [0.29, 0.717) is 12.8 Å². The van der Waals surface area contributed by atoms with Crippen molar-refractivity contribution < 1.29 is 24.5 Å². The number of thiazole rings is 1. The summed E-state index contributed by atoms with van der Waals surface area (Å²) < 4.78 is 5.90. The number of fused-ring (bicyclic) bond motifs is 1. The molecule has 2 aromatic rings. The summed E-state index contributed by atoms with van der Waals surface area (Å²) in [6, 6.07) is 0. The van der Waals surface area contributed by atoms with Gasteiger partial charge >= 0.3 is 5.97 Å². The van der Waals surface area contributed by atoms with E-state index < -0.39 is 35.6 Å². The fraction of sp³-hybridized carbons (Fsp3) is 0.607. The second kappa shape index (κ2) is 12.4. The third-order valence-corrected chi connectivity index (χ3v) is 8.29. The number of ketones is 1. The topological polar surface area (TPSA) is 123 Å². The predicted octanol–water partition coefficient (Wildman–Crippen LogP) is 4.12. The first-order valence-corrected chi connectivity index (χ1v) is 13.8. The number of carbonyl (C=O) groups excluding carboxylic acids is 2. The van der Waals surface area contributed by atoms with Gasteiger partial charge in [0.05, 0.1) is 40.4 Å². The number of aliphatic hydroxyl groups is 2. The summed E-state index contributed by atoms with van der Waals surface area (Å²) in [5.74, 6) is -1.68. The van der Waals surface area contributed by atoms with Gasteiger partial charge < -0.3 is 14.9 Å². The molecule has 0 radical (unpaired) electrons. The van der Waals surface area contributed by atoms with Crippen LogP contribution in [-0.4, -0.2) is 55.2 Å². The molecule has 8 nitrogen and oxygen atoms in total. The highest BCUT2D eigenvalue weighted by molar-refractivity contribution is 7.09. The largest absolute Gasteiger partial charge is 0.457 e. The van der Waals surface area contributed by atoms with E-state index in [1.807, 2.05) is 32.2 Å². The van der Waals surface area contributed by atoms with Gasteiger partial charge in [-0.1, -0.05) is 27.7 Å². The number of esters is 1. The standard InChI is InChI=1S/C28H39N3O5S/c1-16-8-7-9-20-13-29-15-30-22(20)11-23(17(2)10-21-14-37-19(4)31-21)36-25(33)12-24(32)28(5,6)27(35)18(3)26(16)34/h10,13-16,18,23-24,26,32,34H,7-9,11-12H2,1-6H3/b17-10+/t16-,18+,23-,24-,26-/m0/s1. The Bertz CT molecular complexity index is 1130. The maximum Gasteiger partial charge on any atom is 0.309 e. The van der Waals surface area contributed by atoms with Crippen molar-refractivity contribution in [3.05, 3.63) is 45.4 Å². The van der Waals surface area contributed by atoms with Crippen LogP contribution in [0.1, 0.15) is 75.8 Å². The van der Waals surface area contributed by atoms with Gasteiger partial charge in [0, 0.05) is 23.9 Å². The smallest absolute Gasteiger partial charge is 0.309 e. The molecule has 5 atom stereocenters. The van der Waals surface area contributed by atoms with Crippen molar-refractivity contribution in [1.29, 1.82) is 0 Å². The van der Waals surface area contributed by atoms with E-state index in [0.717, 1.165) is 40.4 Å². The number of cyclic esters (lactones) is 1. The van der Waals surface area contributed by atoms with Gasteiger partial charge in [-0.05, 0) is 56.2 Å². The second-order valence-electron chi connectivity index (χ2n) is 10.8. The minimum Gasteiger partial charge on any atom is -0.457 e. The van der Waals surface area contributed by atoms with Gasteiger partial charge in [0.1, 0.15) is 18.2 Å². The molecular formula is C28H39N3O5S. The Balaban J connectivity index is 1.97. The molecule has 0 fully saturated rings. The summed E-state index contributed by atoms with van der Waals surface area (Å²) in [4.78, 5) is 39.5. The van der Waals surface area contributed by atoms with E-state index in [-0.39, 0.29) is 18.1 Å². The van der Waals surface area contributed by atoms with E-state index >= 15 is 0 Å². The van der Waals surface area contributed by atoms with Crippen LogP contribution >= 0.6 is 11.3 Å². The molecular weight excluding hydrogens is 490 g/mol. The van der Waals surface area contributed by atoms with E-state index in [4.69, 9.17) is 4.74 Å². The Morgan fingerprint density at radius 2 is 1.95 bits per heavy atom. The van der Waals surface area contributed by atoms with E-state index in [2.05, 4.69) is 15.0 Å². The zero-order chi connectivity index (χ0) is 27.3. The fourth-order valence-electron chi connectivity index (χ4n) is 4.82. The Hall–Kier alpha value is -2.49. The SMILES string of the molecule is C/C(=C\c1csc(C)n1)[C@@H]1Cc2ncncc2CCC[C@H](C)[C@H](O)[C@@H](C)C(=O)C(C)(C)[C@@H](O)CC(=O)O1. The van der Waals surface area contributed by atoms with Crippen LogP contribution in [0.2, 0.25) is 0 Å². The van der Waals surface area contributed by atoms with E-state index in [1.165, 1.54) is 6.33 Å². The fourth-order valence-corrected chi connectivity index (χ4v) is 5.39. The zero-order valence-corrected chi connectivity index (χ0v) is 23.4. The molecule has 3 heterocycles. The maximum absolute atomic E-state index is 13.3. The number of nitrogens with zero attached hydrogens (tertiary/aromatic N) is 3. The molecule has 0 aromatic carbocycles. The molecule has 0 bridgehead atoms. The molecule has 0 saturated carbocycles. The van der Waals surface area contributed by atoms with Crippen LogP contribution in [0, 0.1) is 24.2 Å². The first-order valence-electron chi connectivity index (χ1n) is 12.9. The summed E-state index contributed by atoms with van der Waals surface area (Å²) in [5, 5.41) is 24.7. The highest BCUT2D eigenvalue weighted by atomic mass is 32.1. The van der Waals surface area contributed by atoms with Crippen molar-refractivity contribution in [1.82, 2.24) is 15.0 Å². The Labute approximate surface area is 223 Å². The average molecular weight is 530 g/mol. The van der Waals surface area contributed by atoms with Crippen molar-refractivity contribution >= 4 is 29.2 Å². The second-order valence-corrected chi connectivity index (χ2v) is 11.9. The molecule has 0 aliphatic carbocycles. The zero-order valence-electron chi connectivity index (χ0n) is 22.6. The van der Waals surface area contributed by atoms with Gasteiger partial charge in [-0.2, -0.15) is 0 Å². The first kappa shape index (κ1) is 29.1. The number of aromatic nitrogens is 3. The highest BCUT2D eigenvalue weighted by Crippen LogP contribution is 2.32. The van der Waals surface area contributed by atoms with E-state index in [1.54, 1.807) is 38.3 Å². The van der Waals surface area contributed by atoms with Gasteiger partial charge in [-0.25, -0.2) is 15.0 Å². The summed E-state index contributed by atoms with van der Waals surface area (Å²) >= 11 is 1.54. The molecule has 9 heteroatoms. The molecule has 37 heavy (non-hydrogen) atoms. The summed E-state index contributed by atoms with van der Waals surface area (Å²) in [7, 11) is 0. The number of ether oxygens (including phenoxy) is 1. The van der Waals surface area contributed by atoms with Crippen molar-refractivity contribution in [2.75, 3.05) is 0 Å². The minimum absolute atomic E-state index is 0.114. The monoisotopic (exact) mass is 529 g/mol. The summed E-state index contributed by atoms with van der Waals surface area (Å²) in [5.41, 5.74) is 2.12. The number of aryl methyl sites for hydroxylation is 2. The lowest BCUT2D eigenvalue weighted by molar-refractivity contribution is -0.154. The lowest BCUT2D eigenvalue weighted by Crippen LogP contribution is -2.45. The average Bonchev–Trinajstić information content (AvgIpc) is 3.26. The lowest BCUT2D eigenvalue weighted by atomic mass is 9.73. The van der Waals surface area contributed by atoms with Crippen LogP contribution < -0.4 is 0 Å². The van der Waals surface area contributed by atoms with Crippen LogP contribution in [0.15, 0.2) is 23.5 Å². The van der Waals surface area contributed by atoms with Crippen molar-refractivity contribution in [2.45, 2.75) is 92.0 Å². The van der Waals surface area contributed by atoms with Crippen molar-refractivity contribution in [3.63, 3.8) is 0 Å². The molecule has 2 aromatic heterocycles. The molecule has 3 rings (SSSR count). The van der Waals surface area contributed by atoms with Gasteiger partial charge in [0.25, 0.3) is 0 Å². The van der Waals surface area contributed by atoms with Gasteiger partial charge in [-0.15, -0.1) is 11.3 Å². The molecule has 2 N–H and O–H groups in total. The van der Waals surface area contributed by atoms with Crippen LogP contribution in [0.25, 0.3) is 6.08 Å². The molecule has 1 aliphatic heterocycles. The number of Topliss-reactive ketones (excluding diaryl/α,β-unsaturated/α-hetero) is 1. The number of rotatable bonds is 2. The normalized spacial score (nSPS) is 28.4. The van der Waals surface area contributed by atoms with E-state index in [9.17, 15) is 19.8 Å². The van der Waals surface area contributed by atoms with Gasteiger partial charge in [0.15, 0.2) is 0 Å². The predicted molar refractivity (Wildman–Crippen MR) is 143 cm³/mol. The highest BCUT2D eigenvalue weighted by Gasteiger charge is 2.42. The first-order chi connectivity index (χ1) is 17.4. The Kier molecular flexibility index (Phi) is 9.72. The third kappa shape index (κ3) is 7.30. The molecule has 0 unspecified atom stereocenters. The molecule has 1 aliphatic rings. The van der Waals surface area contributed by atoms with Crippen molar-refractivity contribution in [2.24, 2.45) is 17.3 Å². The summed E-state index contributed by atoms with van der Waals surface area (Å²) in [6.07, 6.45) is 4.65. The molecule has 0 spiro atoms. The van der Waals surface area contributed by atoms with Crippen molar-refractivity contribution in [3.8, 4) is 0 Å².